The van der Waals surface area contributed by atoms with E-state index in [1.54, 1.807) is 36.4 Å². The number of nitrogens with zero attached hydrogens (tertiary/aromatic N) is 2. The van der Waals surface area contributed by atoms with Crippen molar-refractivity contribution < 1.29 is 4.92 Å². The van der Waals surface area contributed by atoms with Crippen molar-refractivity contribution in [2.24, 2.45) is 0 Å². The van der Waals surface area contributed by atoms with Crippen molar-refractivity contribution in [3.05, 3.63) is 68.7 Å². The van der Waals surface area contributed by atoms with Crippen LogP contribution in [0.2, 0.25) is 5.02 Å². The molecule has 0 radical (unpaired) electrons. The summed E-state index contributed by atoms with van der Waals surface area (Å²) < 4.78 is 0. The summed E-state index contributed by atoms with van der Waals surface area (Å²) in [6.45, 7) is 0.281. The fourth-order valence-electron chi connectivity index (χ4n) is 1.76. The SMILES string of the molecule is N#Cc1ccc(NCc2ccccc2[N+](=O)[O-])c(Cl)c1. The van der Waals surface area contributed by atoms with Crippen molar-refractivity contribution in [1.82, 2.24) is 0 Å². The summed E-state index contributed by atoms with van der Waals surface area (Å²) in [7, 11) is 0. The largest absolute Gasteiger partial charge is 0.379 e. The molecule has 2 rings (SSSR count). The third-order valence-corrected chi connectivity index (χ3v) is 3.07. The Balaban J connectivity index is 2.18. The van der Waals surface area contributed by atoms with Gasteiger partial charge in [0.05, 0.1) is 27.3 Å². The van der Waals surface area contributed by atoms with Gasteiger partial charge in [-0.1, -0.05) is 29.8 Å². The molecule has 6 heteroatoms. The Hall–Kier alpha value is -2.58. The average molecular weight is 288 g/mol. The quantitative estimate of drug-likeness (QED) is 0.686. The van der Waals surface area contributed by atoms with Crippen molar-refractivity contribution in [2.45, 2.75) is 6.54 Å². The van der Waals surface area contributed by atoms with Crippen LogP contribution in [0.3, 0.4) is 0 Å². The summed E-state index contributed by atoms with van der Waals surface area (Å²) in [5, 5.41) is 23.1. The number of halogens is 1. The van der Waals surface area contributed by atoms with Crippen LogP contribution in [0.5, 0.6) is 0 Å². The Morgan fingerprint density at radius 2 is 2.05 bits per heavy atom. The summed E-state index contributed by atoms with van der Waals surface area (Å²) in [5.41, 5.74) is 1.72. The van der Waals surface area contributed by atoms with Gasteiger partial charge >= 0.3 is 0 Å². The maximum Gasteiger partial charge on any atom is 0.274 e. The number of nitrogens with one attached hydrogen (secondary N) is 1. The third-order valence-electron chi connectivity index (χ3n) is 2.76. The lowest BCUT2D eigenvalue weighted by molar-refractivity contribution is -0.385. The molecular formula is C14H10ClN3O2. The Labute approximate surface area is 120 Å². The summed E-state index contributed by atoms with van der Waals surface area (Å²) in [6, 6.07) is 13.3. The second kappa shape index (κ2) is 6.04. The van der Waals surface area contributed by atoms with Crippen LogP contribution in [0.4, 0.5) is 11.4 Å². The van der Waals surface area contributed by atoms with Gasteiger partial charge in [0, 0.05) is 18.2 Å². The molecule has 100 valence electrons. The van der Waals surface area contributed by atoms with Gasteiger partial charge in [0.1, 0.15) is 0 Å². The predicted molar refractivity (Wildman–Crippen MR) is 76.6 cm³/mol. The van der Waals surface area contributed by atoms with Crippen molar-refractivity contribution in [3.63, 3.8) is 0 Å². The summed E-state index contributed by atoms with van der Waals surface area (Å²) in [5.74, 6) is 0. The topological polar surface area (TPSA) is 79.0 Å². The lowest BCUT2D eigenvalue weighted by Gasteiger charge is -2.09. The molecule has 0 spiro atoms. The van der Waals surface area contributed by atoms with Crippen LogP contribution in [0, 0.1) is 21.4 Å². The molecule has 2 aromatic carbocycles. The van der Waals surface area contributed by atoms with E-state index in [0.717, 1.165) is 0 Å². The fraction of sp³-hybridized carbons (Fsp3) is 0.0714. The molecular weight excluding hydrogens is 278 g/mol. The van der Waals surface area contributed by atoms with Crippen LogP contribution in [-0.4, -0.2) is 4.92 Å². The van der Waals surface area contributed by atoms with Crippen LogP contribution in [0.15, 0.2) is 42.5 Å². The predicted octanol–water partition coefficient (Wildman–Crippen LogP) is 3.73. The Morgan fingerprint density at radius 3 is 2.70 bits per heavy atom. The Bertz CT molecular complexity index is 695. The number of rotatable bonds is 4. The normalized spacial score (nSPS) is 9.80. The van der Waals surface area contributed by atoms with Gasteiger partial charge in [-0.25, -0.2) is 0 Å². The molecule has 20 heavy (non-hydrogen) atoms. The minimum atomic E-state index is -0.419. The van der Waals surface area contributed by atoms with E-state index in [2.05, 4.69) is 5.32 Å². The minimum Gasteiger partial charge on any atom is -0.379 e. The molecule has 0 saturated carbocycles. The average Bonchev–Trinajstić information content (AvgIpc) is 2.46. The Morgan fingerprint density at radius 1 is 1.30 bits per heavy atom. The highest BCUT2D eigenvalue weighted by Gasteiger charge is 2.12. The van der Waals surface area contributed by atoms with Crippen molar-refractivity contribution in [3.8, 4) is 6.07 Å². The molecule has 0 amide bonds. The highest BCUT2D eigenvalue weighted by molar-refractivity contribution is 6.33. The molecule has 0 aliphatic carbocycles. The summed E-state index contributed by atoms with van der Waals surface area (Å²) >= 11 is 6.03. The number of hydrogen-bond acceptors (Lipinski definition) is 4. The first-order valence-corrected chi connectivity index (χ1v) is 6.15. The summed E-state index contributed by atoms with van der Waals surface area (Å²) in [4.78, 5) is 10.5. The maximum absolute atomic E-state index is 10.9. The van der Waals surface area contributed by atoms with E-state index in [-0.39, 0.29) is 12.2 Å². The molecule has 0 bridgehead atoms. The van der Waals surface area contributed by atoms with Crippen molar-refractivity contribution in [1.29, 1.82) is 5.26 Å². The van der Waals surface area contributed by atoms with Crippen LogP contribution in [-0.2, 0) is 6.54 Å². The molecule has 0 aliphatic rings. The minimum absolute atomic E-state index is 0.0600. The van der Waals surface area contributed by atoms with Crippen LogP contribution >= 0.6 is 11.6 Å². The van der Waals surface area contributed by atoms with Gasteiger partial charge in [0.2, 0.25) is 0 Å². The lowest BCUT2D eigenvalue weighted by Crippen LogP contribution is -2.03. The highest BCUT2D eigenvalue weighted by Crippen LogP contribution is 2.25. The molecule has 1 N–H and O–H groups in total. The Kier molecular flexibility index (Phi) is 4.18. The number of nitriles is 1. The number of anilines is 1. The molecule has 0 aliphatic heterocycles. The molecule has 0 fully saturated rings. The van der Waals surface area contributed by atoms with Crippen molar-refractivity contribution in [2.75, 3.05) is 5.32 Å². The van der Waals surface area contributed by atoms with E-state index in [1.807, 2.05) is 6.07 Å². The second-order valence-corrected chi connectivity index (χ2v) is 4.45. The zero-order chi connectivity index (χ0) is 14.5. The highest BCUT2D eigenvalue weighted by atomic mass is 35.5. The van der Waals surface area contributed by atoms with Gasteiger partial charge in [-0.2, -0.15) is 5.26 Å². The fourth-order valence-corrected chi connectivity index (χ4v) is 2.00. The van der Waals surface area contributed by atoms with E-state index in [9.17, 15) is 10.1 Å². The lowest BCUT2D eigenvalue weighted by atomic mass is 10.1. The number of nitro groups is 1. The van der Waals surface area contributed by atoms with Crippen LogP contribution in [0.1, 0.15) is 11.1 Å². The molecule has 5 nitrogen and oxygen atoms in total. The van der Waals surface area contributed by atoms with Gasteiger partial charge in [-0.15, -0.1) is 0 Å². The number of para-hydroxylation sites is 1. The molecule has 0 aromatic heterocycles. The monoisotopic (exact) mass is 287 g/mol. The van der Waals surface area contributed by atoms with Crippen LogP contribution in [0.25, 0.3) is 0 Å². The van der Waals surface area contributed by atoms with Gasteiger partial charge in [0.15, 0.2) is 0 Å². The van der Waals surface area contributed by atoms with E-state index in [0.29, 0.717) is 21.8 Å². The van der Waals surface area contributed by atoms with Gasteiger partial charge in [0.25, 0.3) is 5.69 Å². The van der Waals surface area contributed by atoms with Gasteiger partial charge in [-0.3, -0.25) is 10.1 Å². The van der Waals surface area contributed by atoms with Gasteiger partial charge < -0.3 is 5.32 Å². The molecule has 2 aromatic rings. The third kappa shape index (κ3) is 3.05. The maximum atomic E-state index is 10.9. The van der Waals surface area contributed by atoms with E-state index in [4.69, 9.17) is 16.9 Å². The first-order valence-electron chi connectivity index (χ1n) is 5.77. The number of hydrogen-bond donors (Lipinski definition) is 1. The first kappa shape index (κ1) is 13.8. The standard InChI is InChI=1S/C14H10ClN3O2/c15-12-7-10(8-16)5-6-13(12)17-9-11-3-1-2-4-14(11)18(19)20/h1-7,17H,9H2. The number of benzene rings is 2. The zero-order valence-electron chi connectivity index (χ0n) is 10.3. The molecule has 0 atom stereocenters. The molecule has 0 saturated heterocycles. The van der Waals surface area contributed by atoms with E-state index in [1.165, 1.54) is 6.07 Å². The first-order chi connectivity index (χ1) is 9.61. The molecule has 0 unspecified atom stereocenters. The molecule has 0 heterocycles. The summed E-state index contributed by atoms with van der Waals surface area (Å²) in [6.07, 6.45) is 0. The second-order valence-electron chi connectivity index (χ2n) is 4.05. The zero-order valence-corrected chi connectivity index (χ0v) is 11.1. The van der Waals surface area contributed by atoms with Crippen LogP contribution < -0.4 is 5.32 Å². The van der Waals surface area contributed by atoms with E-state index >= 15 is 0 Å². The van der Waals surface area contributed by atoms with E-state index < -0.39 is 4.92 Å². The smallest absolute Gasteiger partial charge is 0.274 e. The number of nitro benzene ring substituents is 1. The van der Waals surface area contributed by atoms with Gasteiger partial charge in [-0.05, 0) is 18.2 Å². The van der Waals surface area contributed by atoms with Crippen molar-refractivity contribution >= 4 is 23.0 Å².